The number of unbranched alkanes of at least 4 members (excludes halogenated alkanes) is 1. The number of nitrogens with zero attached hydrogens (tertiary/aromatic N) is 4. The zero-order valence-electron chi connectivity index (χ0n) is 49.5. The summed E-state index contributed by atoms with van der Waals surface area (Å²) in [4.78, 5) is 18.2. The summed E-state index contributed by atoms with van der Waals surface area (Å²) >= 11 is 3.66. The number of hydrogen-bond acceptors (Lipinski definition) is 4. The predicted molar refractivity (Wildman–Crippen MR) is 320 cm³/mol. The van der Waals surface area contributed by atoms with Crippen molar-refractivity contribution in [3.8, 4) is 0 Å². The molecule has 0 unspecified atom stereocenters. The number of pyridine rings is 4. The minimum Gasteiger partial charge on any atom is 1.00 e. The Kier molecular flexibility index (Phi) is 43.4. The molecule has 70 heavy (non-hydrogen) atoms. The van der Waals surface area contributed by atoms with Crippen molar-refractivity contribution in [3.05, 3.63) is 143 Å². The molecule has 0 spiro atoms. The van der Waals surface area contributed by atoms with E-state index < -0.39 is 64.6 Å². The zero-order chi connectivity index (χ0) is 52.2. The normalized spacial score (nSPS) is 11.5. The first-order chi connectivity index (χ1) is 29.8. The van der Waals surface area contributed by atoms with E-state index in [0.717, 1.165) is 11.6 Å². The second kappa shape index (κ2) is 36.9. The van der Waals surface area contributed by atoms with E-state index in [1.54, 1.807) is 15.5 Å². The van der Waals surface area contributed by atoms with Crippen LogP contribution in [0.5, 0.6) is 0 Å². The summed E-state index contributed by atoms with van der Waals surface area (Å²) in [6.45, 7) is 64.2. The number of rotatable bonds is 13. The van der Waals surface area contributed by atoms with Crippen LogP contribution in [-0.4, -0.2) is 84.5 Å². The molecular weight excluding hydrogens is 1150 g/mol. The van der Waals surface area contributed by atoms with Gasteiger partial charge in [0.2, 0.25) is 0 Å². The average molecular weight is 1240 g/mol. The Labute approximate surface area is 500 Å². The van der Waals surface area contributed by atoms with Crippen molar-refractivity contribution in [2.75, 3.05) is 0 Å². The van der Waals surface area contributed by atoms with Crippen molar-refractivity contribution in [2.24, 2.45) is 0 Å². The summed E-state index contributed by atoms with van der Waals surface area (Å²) in [6.07, 6.45) is 9.95. The molecule has 0 aliphatic carbocycles. The quantitative estimate of drug-likeness (QED) is 0.0989. The Morgan fingerprint density at radius 3 is 0.743 bits per heavy atom. The maximum absolute atomic E-state index is 4.58. The van der Waals surface area contributed by atoms with Gasteiger partial charge < -0.3 is 6.92 Å². The van der Waals surface area contributed by atoms with E-state index in [2.05, 4.69) is 265 Å². The molecular formula is C52H98ClCu3Li2N4Si8. The Hall–Kier alpha value is 0.988. The third-order valence-electron chi connectivity index (χ3n) is 10.3. The van der Waals surface area contributed by atoms with E-state index >= 15 is 0 Å². The molecule has 4 rings (SSSR count). The van der Waals surface area contributed by atoms with Crippen molar-refractivity contribution in [2.45, 2.75) is 182 Å². The second-order valence-electron chi connectivity index (χ2n) is 25.5. The minimum atomic E-state index is -1.25. The Morgan fingerprint density at radius 1 is 0.414 bits per heavy atom. The second-order valence-corrected chi connectivity index (χ2v) is 68.2. The third kappa shape index (κ3) is 33.2. The largest absolute Gasteiger partial charge is 1.00 e. The van der Waals surface area contributed by atoms with Gasteiger partial charge in [-0.3, -0.25) is 19.9 Å². The molecule has 400 valence electrons. The monoisotopic (exact) mass is 1240 g/mol. The predicted octanol–water partition coefficient (Wildman–Crippen LogP) is 11.5. The maximum Gasteiger partial charge on any atom is 1.00 e. The van der Waals surface area contributed by atoms with E-state index in [9.17, 15) is 0 Å². The SMILES string of the molecule is C[Si](C)(C)C(c1ccccn1)[Si](C)(C)C.C[Si](C)(C)[C-](c1ccccn1)[Si](C)(C)C.C[Si](C)(C)[C-](c1ccccn1)[Si](C)(C)C.C[Si](C)(C)[C-](c1ccccn1)[Si](C)(C)C.[CH2-]CCC.[Cl][Cu].[Cu+].[Cu+].[Li+].[Li+]. The molecule has 0 N–H and O–H groups in total. The molecule has 0 aromatic carbocycles. The van der Waals surface area contributed by atoms with Crippen LogP contribution >= 0.6 is 10.1 Å². The van der Waals surface area contributed by atoms with Crippen LogP contribution in [0.25, 0.3) is 0 Å². The van der Waals surface area contributed by atoms with Crippen molar-refractivity contribution >= 4 is 74.7 Å². The fourth-order valence-corrected chi connectivity index (χ4v) is 55.0. The molecule has 0 amide bonds. The van der Waals surface area contributed by atoms with Crippen LogP contribution in [0.1, 0.15) is 47.7 Å². The number of aromatic nitrogens is 4. The molecule has 18 heteroatoms. The van der Waals surface area contributed by atoms with Gasteiger partial charge in [-0.2, -0.15) is 40.1 Å². The van der Waals surface area contributed by atoms with Crippen LogP contribution in [0, 0.1) is 22.4 Å². The van der Waals surface area contributed by atoms with Crippen LogP contribution in [0.4, 0.5) is 0 Å². The van der Waals surface area contributed by atoms with E-state index in [4.69, 9.17) is 0 Å². The van der Waals surface area contributed by atoms with Gasteiger partial charge in [0, 0.05) is 30.5 Å². The van der Waals surface area contributed by atoms with Crippen molar-refractivity contribution in [1.82, 2.24) is 19.9 Å². The first-order valence-corrected chi connectivity index (χ1v) is 53.5. The zero-order valence-corrected chi connectivity index (χ0v) is 61.1. The number of hydrogen-bond donors (Lipinski definition) is 0. The van der Waals surface area contributed by atoms with E-state index in [1.165, 1.54) is 29.2 Å². The minimum absolute atomic E-state index is 0. The smallest absolute Gasteiger partial charge is 1.00 e. The van der Waals surface area contributed by atoms with Crippen LogP contribution in [-0.2, 0) is 49.2 Å². The van der Waals surface area contributed by atoms with Gasteiger partial charge in [0.1, 0.15) is 0 Å². The van der Waals surface area contributed by atoms with Gasteiger partial charge in [-0.1, -0.05) is 195 Å². The first kappa shape index (κ1) is 82.3. The molecule has 0 aliphatic rings. The molecule has 0 aliphatic heterocycles. The molecule has 0 bridgehead atoms. The molecule has 0 fully saturated rings. The summed E-state index contributed by atoms with van der Waals surface area (Å²) in [5.74, 6) is 0. The molecule has 4 aromatic rings. The van der Waals surface area contributed by atoms with Crippen LogP contribution in [0.3, 0.4) is 0 Å². The van der Waals surface area contributed by atoms with Gasteiger partial charge in [-0.05, 0) is 65.7 Å². The summed E-state index contributed by atoms with van der Waals surface area (Å²) in [6, 6.07) is 25.1. The molecule has 0 saturated heterocycles. The van der Waals surface area contributed by atoms with Crippen molar-refractivity contribution < 1.29 is 87.0 Å². The van der Waals surface area contributed by atoms with Gasteiger partial charge in [0.05, 0.1) is 16.1 Å². The Balaban J connectivity index is -0.000000184. The fourth-order valence-electron chi connectivity index (χ4n) is 9.95. The third-order valence-corrected chi connectivity index (χ3v) is 43.6. The van der Waals surface area contributed by atoms with Gasteiger partial charge in [-0.25, -0.2) is 0 Å². The summed E-state index contributed by atoms with van der Waals surface area (Å²) in [7, 11) is -5.61. The van der Waals surface area contributed by atoms with Gasteiger partial charge >= 0.3 is 97.1 Å². The van der Waals surface area contributed by atoms with Crippen LogP contribution in [0.2, 0.25) is 157 Å². The van der Waals surface area contributed by atoms with E-state index in [0.29, 0.717) is 0 Å². The summed E-state index contributed by atoms with van der Waals surface area (Å²) < 4.78 is 0. The van der Waals surface area contributed by atoms with Crippen LogP contribution < -0.4 is 37.7 Å². The Bertz CT molecular complexity index is 1520. The average Bonchev–Trinajstić information content (AvgIpc) is 3.14. The maximum atomic E-state index is 4.58. The first-order valence-electron chi connectivity index (χ1n) is 24.0. The van der Waals surface area contributed by atoms with Gasteiger partial charge in [0.15, 0.2) is 0 Å². The fraction of sp³-hybridized carbons (Fsp3) is 0.538. The Morgan fingerprint density at radius 2 is 0.614 bits per heavy atom. The molecule has 4 nitrogen and oxygen atoms in total. The molecule has 0 atom stereocenters. The molecule has 0 radical (unpaired) electrons. The van der Waals surface area contributed by atoms with Crippen molar-refractivity contribution in [3.63, 3.8) is 0 Å². The molecule has 4 heterocycles. The van der Waals surface area contributed by atoms with Gasteiger partial charge in [-0.15, -0.1) is 35.3 Å². The standard InChI is InChI=1S/C12H23NSi2.3C12H22NSi2.C4H9.ClH.3Cu.2Li/c4*1-14(2,3)12(15(4,5)6)11-9-7-8-10-13-11;1-3-4-2;;;;;;/h7-10,12H,1-6H3;3*7-10H,1-6H3;1,3-4H2,2H3;1H;;;;;/q;4*-1;;5*+1/p-1. The number of halogens is 1. The molecule has 4 aromatic heterocycles. The van der Waals surface area contributed by atoms with E-state index in [-0.39, 0.29) is 71.9 Å². The van der Waals surface area contributed by atoms with E-state index in [1.807, 2.05) is 49.1 Å². The van der Waals surface area contributed by atoms with Crippen molar-refractivity contribution in [1.29, 1.82) is 0 Å². The summed E-state index contributed by atoms with van der Waals surface area (Å²) in [5, 5.41) is 5.83. The molecule has 0 saturated carbocycles. The van der Waals surface area contributed by atoms with Gasteiger partial charge in [0.25, 0.3) is 0 Å². The van der Waals surface area contributed by atoms with Crippen LogP contribution in [0.15, 0.2) is 97.6 Å². The summed E-state index contributed by atoms with van der Waals surface area (Å²) in [5.41, 5.74) is 5.07. The topological polar surface area (TPSA) is 51.6 Å².